The van der Waals surface area contributed by atoms with Crippen LogP contribution in [0.25, 0.3) is 17.0 Å². The molecule has 2 aromatic carbocycles. The third-order valence-corrected chi connectivity index (χ3v) is 5.82. The first-order valence-electron chi connectivity index (χ1n) is 10.9. The molecule has 1 aliphatic rings. The van der Waals surface area contributed by atoms with Gasteiger partial charge in [-0.2, -0.15) is 0 Å². The van der Waals surface area contributed by atoms with Gasteiger partial charge >= 0.3 is 5.97 Å². The zero-order valence-electron chi connectivity index (χ0n) is 19.0. The average molecular weight is 454 g/mol. The molecular weight excluding hydrogens is 432 g/mol. The number of pyridine rings is 1. The molecule has 0 aliphatic carbocycles. The summed E-state index contributed by atoms with van der Waals surface area (Å²) in [4.78, 5) is 29.5. The largest absolute Gasteiger partial charge is 0.497 e. The number of carbonyl (C=O) groups is 2. The van der Waals surface area contributed by atoms with Crippen LogP contribution < -0.4 is 14.2 Å². The molecule has 0 unspecified atom stereocenters. The molecular formula is C27H22N2O5. The first kappa shape index (κ1) is 21.5. The van der Waals surface area contributed by atoms with E-state index in [0.717, 1.165) is 28.8 Å². The van der Waals surface area contributed by atoms with Gasteiger partial charge in [-0.25, -0.2) is 4.79 Å². The fraction of sp³-hybridized carbons (Fsp3) is 0.148. The normalized spacial score (nSPS) is 13.7. The number of Topliss-reactive ketones (excluding diaryl/α,β-unsaturated/α-hetero) is 1. The molecule has 34 heavy (non-hydrogen) atoms. The van der Waals surface area contributed by atoms with Gasteiger partial charge in [0, 0.05) is 47.7 Å². The number of carbonyl (C=O) groups excluding carboxylic acids is 2. The van der Waals surface area contributed by atoms with Crippen LogP contribution in [0.5, 0.6) is 17.2 Å². The Hall–Kier alpha value is -4.39. The van der Waals surface area contributed by atoms with Gasteiger partial charge in [0.1, 0.15) is 17.2 Å². The van der Waals surface area contributed by atoms with Crippen LogP contribution in [-0.4, -0.2) is 28.4 Å². The Bertz CT molecular complexity index is 1470. The number of aromatic nitrogens is 2. The first-order chi connectivity index (χ1) is 16.5. The third-order valence-electron chi connectivity index (χ3n) is 5.82. The van der Waals surface area contributed by atoms with Crippen molar-refractivity contribution in [1.82, 2.24) is 9.55 Å². The minimum Gasteiger partial charge on any atom is -0.497 e. The van der Waals surface area contributed by atoms with Crippen LogP contribution in [0, 0.1) is 6.92 Å². The molecule has 170 valence electrons. The molecule has 1 aliphatic heterocycles. The number of hydrogen-bond donors (Lipinski definition) is 0. The van der Waals surface area contributed by atoms with Crippen LogP contribution >= 0.6 is 0 Å². The highest BCUT2D eigenvalue weighted by Crippen LogP contribution is 2.38. The number of methoxy groups -OCH3 is 1. The molecule has 0 N–H and O–H groups in total. The number of hydrogen-bond acceptors (Lipinski definition) is 6. The lowest BCUT2D eigenvalue weighted by atomic mass is 10.0. The van der Waals surface area contributed by atoms with Crippen molar-refractivity contribution in [1.29, 1.82) is 0 Å². The topological polar surface area (TPSA) is 79.7 Å². The molecule has 3 heterocycles. The standard InChI is InChI=1S/C27H22N2O5/c1-4-29-15-18(21-13-19(32-3)5-6-22(21)29)12-24-26(30)25-16(2)11-20(14-23(25)34-24)33-27(31)17-7-9-28-10-8-17/h5-15H,4H2,1-3H3/b24-12-. The summed E-state index contributed by atoms with van der Waals surface area (Å²) in [6.07, 6.45) is 6.78. The van der Waals surface area contributed by atoms with Gasteiger partial charge in [-0.15, -0.1) is 0 Å². The lowest BCUT2D eigenvalue weighted by Crippen LogP contribution is -2.08. The Morgan fingerprint density at radius 3 is 2.65 bits per heavy atom. The lowest BCUT2D eigenvalue weighted by Gasteiger charge is -2.07. The second-order valence-electron chi connectivity index (χ2n) is 7.93. The number of esters is 1. The molecule has 0 radical (unpaired) electrons. The smallest absolute Gasteiger partial charge is 0.343 e. The summed E-state index contributed by atoms with van der Waals surface area (Å²) in [6.45, 7) is 4.64. The molecule has 0 bridgehead atoms. The maximum atomic E-state index is 13.2. The van der Waals surface area contributed by atoms with Gasteiger partial charge in [0.05, 0.1) is 18.2 Å². The minimum absolute atomic E-state index is 0.209. The van der Waals surface area contributed by atoms with Crippen molar-refractivity contribution < 1.29 is 23.8 Å². The van der Waals surface area contributed by atoms with E-state index in [1.807, 2.05) is 24.4 Å². The maximum absolute atomic E-state index is 13.2. The zero-order valence-corrected chi connectivity index (χ0v) is 19.0. The van der Waals surface area contributed by atoms with Gasteiger partial charge in [-0.05, 0) is 61.9 Å². The van der Waals surface area contributed by atoms with E-state index in [9.17, 15) is 9.59 Å². The molecule has 0 saturated heterocycles. The Kier molecular flexibility index (Phi) is 5.37. The van der Waals surface area contributed by atoms with Crippen molar-refractivity contribution in [3.05, 3.63) is 89.1 Å². The van der Waals surface area contributed by atoms with Crippen LogP contribution in [0.2, 0.25) is 0 Å². The van der Waals surface area contributed by atoms with Crippen LogP contribution in [0.4, 0.5) is 0 Å². The van der Waals surface area contributed by atoms with Crippen molar-refractivity contribution >= 4 is 28.7 Å². The molecule has 0 fully saturated rings. The van der Waals surface area contributed by atoms with Crippen LogP contribution in [0.3, 0.4) is 0 Å². The Labute approximate surface area is 196 Å². The quantitative estimate of drug-likeness (QED) is 0.234. The summed E-state index contributed by atoms with van der Waals surface area (Å²) in [5.74, 6) is 0.904. The van der Waals surface area contributed by atoms with E-state index in [1.54, 1.807) is 44.4 Å². The van der Waals surface area contributed by atoms with E-state index in [1.165, 1.54) is 12.4 Å². The van der Waals surface area contributed by atoms with E-state index in [4.69, 9.17) is 14.2 Å². The molecule has 5 rings (SSSR count). The third kappa shape index (κ3) is 3.71. The predicted molar refractivity (Wildman–Crippen MR) is 127 cm³/mol. The molecule has 4 aromatic rings. The van der Waals surface area contributed by atoms with E-state index in [2.05, 4.69) is 16.5 Å². The summed E-state index contributed by atoms with van der Waals surface area (Å²) in [5.41, 5.74) is 3.41. The fourth-order valence-corrected chi connectivity index (χ4v) is 4.14. The number of nitrogens with zero attached hydrogens (tertiary/aromatic N) is 2. The number of allylic oxidation sites excluding steroid dienone is 1. The van der Waals surface area contributed by atoms with Gasteiger partial charge in [0.2, 0.25) is 5.78 Å². The Morgan fingerprint density at radius 1 is 1.12 bits per heavy atom. The van der Waals surface area contributed by atoms with Gasteiger partial charge in [0.25, 0.3) is 0 Å². The number of ether oxygens (including phenoxy) is 3. The summed E-state index contributed by atoms with van der Waals surface area (Å²) in [7, 11) is 1.62. The van der Waals surface area contributed by atoms with Gasteiger partial charge < -0.3 is 18.8 Å². The summed E-state index contributed by atoms with van der Waals surface area (Å²) in [6, 6.07) is 12.2. The lowest BCUT2D eigenvalue weighted by molar-refractivity contribution is 0.0734. The van der Waals surface area contributed by atoms with Crippen molar-refractivity contribution in [2.24, 2.45) is 0 Å². The zero-order chi connectivity index (χ0) is 23.8. The fourth-order valence-electron chi connectivity index (χ4n) is 4.14. The second-order valence-corrected chi connectivity index (χ2v) is 7.93. The SMILES string of the molecule is CCn1cc(/C=C2\Oc3cc(OC(=O)c4ccncc4)cc(C)c3C2=O)c2cc(OC)ccc21. The maximum Gasteiger partial charge on any atom is 0.343 e. The molecule has 0 spiro atoms. The van der Waals surface area contributed by atoms with Gasteiger partial charge in [-0.3, -0.25) is 9.78 Å². The first-order valence-corrected chi connectivity index (χ1v) is 10.9. The second kappa shape index (κ2) is 8.51. The molecule has 2 aromatic heterocycles. The van der Waals surface area contributed by atoms with E-state index in [0.29, 0.717) is 28.2 Å². The number of fused-ring (bicyclic) bond motifs is 2. The van der Waals surface area contributed by atoms with Crippen LogP contribution in [0.1, 0.15) is 38.8 Å². The molecule has 0 saturated carbocycles. The highest BCUT2D eigenvalue weighted by Gasteiger charge is 2.30. The van der Waals surface area contributed by atoms with Gasteiger partial charge in [0.15, 0.2) is 5.76 Å². The molecule has 0 atom stereocenters. The van der Waals surface area contributed by atoms with E-state index >= 15 is 0 Å². The average Bonchev–Trinajstić information content (AvgIpc) is 3.36. The predicted octanol–water partition coefficient (Wildman–Crippen LogP) is 5.21. The van der Waals surface area contributed by atoms with E-state index < -0.39 is 5.97 Å². The highest BCUT2D eigenvalue weighted by atomic mass is 16.5. The minimum atomic E-state index is -0.511. The number of benzene rings is 2. The Balaban J connectivity index is 1.49. The van der Waals surface area contributed by atoms with E-state index in [-0.39, 0.29) is 11.5 Å². The van der Waals surface area contributed by atoms with Crippen LogP contribution in [-0.2, 0) is 6.54 Å². The summed E-state index contributed by atoms with van der Waals surface area (Å²) < 4.78 is 18.9. The van der Waals surface area contributed by atoms with Crippen molar-refractivity contribution in [3.8, 4) is 17.2 Å². The van der Waals surface area contributed by atoms with Crippen molar-refractivity contribution in [2.45, 2.75) is 20.4 Å². The number of rotatable bonds is 5. The molecule has 0 amide bonds. The summed E-state index contributed by atoms with van der Waals surface area (Å²) >= 11 is 0. The van der Waals surface area contributed by atoms with Crippen molar-refractivity contribution in [2.75, 3.05) is 7.11 Å². The van der Waals surface area contributed by atoms with Crippen molar-refractivity contribution in [3.63, 3.8) is 0 Å². The number of ketones is 1. The van der Waals surface area contributed by atoms with Gasteiger partial charge in [-0.1, -0.05) is 0 Å². The highest BCUT2D eigenvalue weighted by molar-refractivity contribution is 6.16. The Morgan fingerprint density at radius 2 is 1.91 bits per heavy atom. The molecule has 7 nitrogen and oxygen atoms in total. The monoisotopic (exact) mass is 454 g/mol. The summed E-state index contributed by atoms with van der Waals surface area (Å²) in [5, 5.41) is 0.963. The molecule has 7 heteroatoms. The number of aryl methyl sites for hydroxylation is 2. The van der Waals surface area contributed by atoms with Crippen LogP contribution in [0.15, 0.2) is 66.8 Å².